The fourth-order valence-electron chi connectivity index (χ4n) is 1.65. The average molecular weight is 320 g/mol. The second kappa shape index (κ2) is 6.57. The van der Waals surface area contributed by atoms with Crippen LogP contribution < -0.4 is 5.32 Å². The van der Waals surface area contributed by atoms with Crippen LogP contribution in [0.2, 0.25) is 0 Å². The zero-order valence-corrected chi connectivity index (χ0v) is 13.2. The van der Waals surface area contributed by atoms with Gasteiger partial charge in [0, 0.05) is 4.88 Å². The Balaban J connectivity index is 1.97. The Morgan fingerprint density at radius 3 is 2.68 bits per heavy atom. The number of aromatic hydroxyl groups is 1. The summed E-state index contributed by atoms with van der Waals surface area (Å²) in [6.07, 6.45) is -0.973. The molecule has 0 aliphatic rings. The number of thiazole rings is 1. The molecule has 116 valence electrons. The molecule has 1 aromatic heterocycles. The van der Waals surface area contributed by atoms with Gasteiger partial charge in [0.2, 0.25) is 0 Å². The van der Waals surface area contributed by atoms with E-state index in [1.54, 1.807) is 0 Å². The Kier molecular flexibility index (Phi) is 4.77. The fourth-order valence-corrected chi connectivity index (χ4v) is 2.47. The summed E-state index contributed by atoms with van der Waals surface area (Å²) in [6.45, 7) is 5.24. The largest absolute Gasteiger partial charge is 0.508 e. The van der Waals surface area contributed by atoms with Crippen molar-refractivity contribution in [2.24, 2.45) is 0 Å². The van der Waals surface area contributed by atoms with E-state index in [9.17, 15) is 14.7 Å². The van der Waals surface area contributed by atoms with Crippen molar-refractivity contribution in [2.75, 3.05) is 5.32 Å². The van der Waals surface area contributed by atoms with E-state index in [4.69, 9.17) is 4.74 Å². The van der Waals surface area contributed by atoms with Gasteiger partial charge in [-0.3, -0.25) is 10.1 Å². The Bertz CT molecular complexity index is 692. The van der Waals surface area contributed by atoms with Gasteiger partial charge >= 0.3 is 5.97 Å². The first-order chi connectivity index (χ1) is 10.4. The number of carbonyl (C=O) groups excluding carboxylic acids is 2. The molecule has 1 heterocycles. The van der Waals surface area contributed by atoms with Gasteiger partial charge in [0.15, 0.2) is 11.2 Å². The molecule has 0 bridgehead atoms. The van der Waals surface area contributed by atoms with E-state index in [0.717, 1.165) is 10.6 Å². The number of phenolic OH excluding ortho intramolecular Hbond substituents is 1. The number of benzene rings is 1. The molecule has 0 aliphatic carbocycles. The third-order valence-corrected chi connectivity index (χ3v) is 3.98. The molecule has 6 nitrogen and oxygen atoms in total. The molecule has 0 fully saturated rings. The first-order valence-corrected chi connectivity index (χ1v) is 7.43. The Hall–Kier alpha value is -2.41. The van der Waals surface area contributed by atoms with E-state index in [0.29, 0.717) is 5.13 Å². The summed E-state index contributed by atoms with van der Waals surface area (Å²) in [5, 5.41) is 12.4. The quantitative estimate of drug-likeness (QED) is 0.846. The number of nitrogens with one attached hydrogen (secondary N) is 1. The molecular formula is C15H16N2O4S. The van der Waals surface area contributed by atoms with Gasteiger partial charge in [-0.1, -0.05) is 6.07 Å². The summed E-state index contributed by atoms with van der Waals surface area (Å²) in [6, 6.07) is 5.75. The Labute approximate surface area is 131 Å². The number of ether oxygens (including phenoxy) is 1. The van der Waals surface area contributed by atoms with E-state index < -0.39 is 18.0 Å². The van der Waals surface area contributed by atoms with Crippen LogP contribution in [0, 0.1) is 13.8 Å². The summed E-state index contributed by atoms with van der Waals surface area (Å²) >= 11 is 1.36. The smallest absolute Gasteiger partial charge is 0.339 e. The molecule has 0 radical (unpaired) electrons. The van der Waals surface area contributed by atoms with Crippen molar-refractivity contribution in [3.8, 4) is 5.75 Å². The molecule has 0 saturated heterocycles. The predicted octanol–water partition coefficient (Wildman–Crippen LogP) is 2.65. The van der Waals surface area contributed by atoms with Crippen molar-refractivity contribution >= 4 is 28.3 Å². The topological polar surface area (TPSA) is 88.5 Å². The van der Waals surface area contributed by atoms with Crippen LogP contribution in [-0.2, 0) is 9.53 Å². The molecule has 1 amide bonds. The SMILES string of the molecule is Cc1nc(NC(=O)[C@@H](C)OC(=O)c2cccc(O)c2)sc1C. The van der Waals surface area contributed by atoms with Crippen LogP contribution >= 0.6 is 11.3 Å². The molecule has 2 N–H and O–H groups in total. The van der Waals surface area contributed by atoms with E-state index in [1.165, 1.54) is 42.5 Å². The van der Waals surface area contributed by atoms with Crippen LogP contribution in [0.15, 0.2) is 24.3 Å². The highest BCUT2D eigenvalue weighted by molar-refractivity contribution is 7.15. The lowest BCUT2D eigenvalue weighted by molar-refractivity contribution is -0.123. The summed E-state index contributed by atoms with van der Waals surface area (Å²) in [7, 11) is 0. The molecule has 0 spiro atoms. The summed E-state index contributed by atoms with van der Waals surface area (Å²) in [5.74, 6) is -1.17. The van der Waals surface area contributed by atoms with Gasteiger partial charge < -0.3 is 9.84 Å². The van der Waals surface area contributed by atoms with Gasteiger partial charge in [0.05, 0.1) is 11.3 Å². The zero-order chi connectivity index (χ0) is 16.3. The first kappa shape index (κ1) is 16.0. The molecule has 2 aromatic rings. The number of carbonyl (C=O) groups is 2. The Morgan fingerprint density at radius 1 is 1.36 bits per heavy atom. The van der Waals surface area contributed by atoms with E-state index in [-0.39, 0.29) is 11.3 Å². The van der Waals surface area contributed by atoms with Crippen molar-refractivity contribution in [3.63, 3.8) is 0 Å². The number of rotatable bonds is 4. The summed E-state index contributed by atoms with van der Waals surface area (Å²) in [5.41, 5.74) is 1.03. The van der Waals surface area contributed by atoms with Crippen LogP contribution in [0.3, 0.4) is 0 Å². The second-order valence-electron chi connectivity index (χ2n) is 4.75. The number of aryl methyl sites for hydroxylation is 2. The Morgan fingerprint density at radius 2 is 2.09 bits per heavy atom. The minimum Gasteiger partial charge on any atom is -0.508 e. The van der Waals surface area contributed by atoms with Crippen molar-refractivity contribution in [1.29, 1.82) is 0 Å². The second-order valence-corrected chi connectivity index (χ2v) is 5.95. The maximum atomic E-state index is 12.0. The number of amides is 1. The lowest BCUT2D eigenvalue weighted by Gasteiger charge is -2.12. The summed E-state index contributed by atoms with van der Waals surface area (Å²) < 4.78 is 5.08. The number of hydrogen-bond acceptors (Lipinski definition) is 6. The zero-order valence-electron chi connectivity index (χ0n) is 12.4. The van der Waals surface area contributed by atoms with Gasteiger partial charge in [-0.2, -0.15) is 0 Å². The number of nitrogens with zero attached hydrogens (tertiary/aromatic N) is 1. The molecule has 22 heavy (non-hydrogen) atoms. The number of anilines is 1. The normalized spacial score (nSPS) is 11.8. The van der Waals surface area contributed by atoms with Gasteiger partial charge in [-0.05, 0) is 39.0 Å². The van der Waals surface area contributed by atoms with Gasteiger partial charge in [-0.15, -0.1) is 11.3 Å². The molecule has 0 aliphatic heterocycles. The predicted molar refractivity (Wildman–Crippen MR) is 83.2 cm³/mol. The lowest BCUT2D eigenvalue weighted by Crippen LogP contribution is -2.29. The van der Waals surface area contributed by atoms with E-state index in [1.807, 2.05) is 13.8 Å². The third kappa shape index (κ3) is 3.82. The molecule has 1 atom stereocenters. The van der Waals surface area contributed by atoms with Crippen molar-refractivity contribution in [2.45, 2.75) is 26.9 Å². The third-order valence-electron chi connectivity index (χ3n) is 2.99. The van der Waals surface area contributed by atoms with Crippen LogP contribution in [-0.4, -0.2) is 28.1 Å². The van der Waals surface area contributed by atoms with Crippen molar-refractivity contribution in [1.82, 2.24) is 4.98 Å². The van der Waals surface area contributed by atoms with E-state index in [2.05, 4.69) is 10.3 Å². The number of hydrogen-bond donors (Lipinski definition) is 2. The number of esters is 1. The standard InChI is InChI=1S/C15H16N2O4S/c1-8-10(3)22-15(16-8)17-13(19)9(2)21-14(20)11-5-4-6-12(18)7-11/h4-7,9,18H,1-3H3,(H,16,17,19)/t9-/m1/s1. The lowest BCUT2D eigenvalue weighted by atomic mass is 10.2. The highest BCUT2D eigenvalue weighted by Gasteiger charge is 2.20. The highest BCUT2D eigenvalue weighted by atomic mass is 32.1. The molecule has 2 rings (SSSR count). The summed E-state index contributed by atoms with van der Waals surface area (Å²) in [4.78, 5) is 29.1. The minimum atomic E-state index is -0.973. The fraction of sp³-hybridized carbons (Fsp3) is 0.267. The van der Waals surface area contributed by atoms with Gasteiger partial charge in [0.1, 0.15) is 5.75 Å². The monoisotopic (exact) mass is 320 g/mol. The van der Waals surface area contributed by atoms with Crippen LogP contribution in [0.5, 0.6) is 5.75 Å². The number of phenols is 1. The van der Waals surface area contributed by atoms with Crippen molar-refractivity contribution < 1.29 is 19.4 Å². The van der Waals surface area contributed by atoms with E-state index >= 15 is 0 Å². The maximum Gasteiger partial charge on any atom is 0.339 e. The molecule has 0 saturated carbocycles. The minimum absolute atomic E-state index is 0.0414. The van der Waals surface area contributed by atoms with Gasteiger partial charge in [-0.25, -0.2) is 9.78 Å². The molecular weight excluding hydrogens is 304 g/mol. The van der Waals surface area contributed by atoms with Crippen LogP contribution in [0.1, 0.15) is 27.9 Å². The van der Waals surface area contributed by atoms with Crippen LogP contribution in [0.4, 0.5) is 5.13 Å². The molecule has 1 aromatic carbocycles. The maximum absolute atomic E-state index is 12.0. The van der Waals surface area contributed by atoms with Crippen molar-refractivity contribution in [3.05, 3.63) is 40.4 Å². The first-order valence-electron chi connectivity index (χ1n) is 6.61. The number of aromatic nitrogens is 1. The van der Waals surface area contributed by atoms with Gasteiger partial charge in [0.25, 0.3) is 5.91 Å². The molecule has 0 unspecified atom stereocenters. The highest BCUT2D eigenvalue weighted by Crippen LogP contribution is 2.21. The average Bonchev–Trinajstić information content (AvgIpc) is 2.77. The molecule has 7 heteroatoms. The van der Waals surface area contributed by atoms with Crippen LogP contribution in [0.25, 0.3) is 0 Å².